The Labute approximate surface area is 125 Å². The van der Waals surface area contributed by atoms with E-state index < -0.39 is 0 Å². The summed E-state index contributed by atoms with van der Waals surface area (Å²) in [5.41, 5.74) is 0.368. The Balaban J connectivity index is 2.63. The SMILES string of the molecule is CCC(C)C1CN(CCCSC)C(C(C)(C)C)CN1. The monoisotopic (exact) mass is 286 g/mol. The van der Waals surface area contributed by atoms with Crippen LogP contribution in [-0.4, -0.2) is 48.6 Å². The predicted octanol–water partition coefficient (Wildman–Crippen LogP) is 3.47. The molecular weight excluding hydrogens is 252 g/mol. The zero-order chi connectivity index (χ0) is 14.5. The van der Waals surface area contributed by atoms with Crippen LogP contribution in [0.2, 0.25) is 0 Å². The van der Waals surface area contributed by atoms with E-state index in [2.05, 4.69) is 51.1 Å². The van der Waals surface area contributed by atoms with Gasteiger partial charge in [0.15, 0.2) is 0 Å². The minimum atomic E-state index is 0.368. The quantitative estimate of drug-likeness (QED) is 0.753. The molecule has 1 aliphatic heterocycles. The summed E-state index contributed by atoms with van der Waals surface area (Å²) in [6.07, 6.45) is 4.80. The van der Waals surface area contributed by atoms with Gasteiger partial charge in [-0.2, -0.15) is 11.8 Å². The van der Waals surface area contributed by atoms with Crippen LogP contribution in [0.15, 0.2) is 0 Å². The standard InChI is InChI=1S/C16H34N2S/c1-7-13(2)14-12-18(9-8-10-19-6)15(11-17-14)16(3,4)5/h13-15,17H,7-12H2,1-6H3. The average molecular weight is 287 g/mol. The third-order valence-corrected chi connectivity index (χ3v) is 5.27. The number of nitrogens with zero attached hydrogens (tertiary/aromatic N) is 1. The van der Waals surface area contributed by atoms with E-state index in [1.54, 1.807) is 0 Å². The van der Waals surface area contributed by atoms with Crippen molar-refractivity contribution < 1.29 is 0 Å². The van der Waals surface area contributed by atoms with Gasteiger partial charge in [-0.3, -0.25) is 4.90 Å². The van der Waals surface area contributed by atoms with Crippen molar-refractivity contribution in [3.8, 4) is 0 Å². The van der Waals surface area contributed by atoms with Gasteiger partial charge in [0.1, 0.15) is 0 Å². The van der Waals surface area contributed by atoms with Crippen molar-refractivity contribution in [2.45, 2.75) is 59.5 Å². The molecule has 0 spiro atoms. The van der Waals surface area contributed by atoms with Gasteiger partial charge in [-0.05, 0) is 36.3 Å². The second-order valence-corrected chi connectivity index (χ2v) is 8.11. The molecule has 0 aromatic rings. The van der Waals surface area contributed by atoms with E-state index in [-0.39, 0.29) is 0 Å². The Hall–Kier alpha value is 0.270. The molecule has 1 rings (SSSR count). The van der Waals surface area contributed by atoms with Crippen LogP contribution in [0, 0.1) is 11.3 Å². The largest absolute Gasteiger partial charge is 0.311 e. The lowest BCUT2D eigenvalue weighted by molar-refractivity contribution is 0.0444. The summed E-state index contributed by atoms with van der Waals surface area (Å²) < 4.78 is 0. The summed E-state index contributed by atoms with van der Waals surface area (Å²) in [5.74, 6) is 2.07. The van der Waals surface area contributed by atoms with Crippen LogP contribution in [0.3, 0.4) is 0 Å². The number of piperazine rings is 1. The molecule has 0 aromatic carbocycles. The predicted molar refractivity (Wildman–Crippen MR) is 89.1 cm³/mol. The van der Waals surface area contributed by atoms with E-state index in [0.717, 1.165) is 12.5 Å². The van der Waals surface area contributed by atoms with Crippen LogP contribution >= 0.6 is 11.8 Å². The van der Waals surface area contributed by atoms with E-state index in [1.807, 2.05) is 11.8 Å². The molecule has 3 atom stereocenters. The molecule has 1 N–H and O–H groups in total. The van der Waals surface area contributed by atoms with Crippen molar-refractivity contribution in [1.82, 2.24) is 10.2 Å². The van der Waals surface area contributed by atoms with Gasteiger partial charge in [0.05, 0.1) is 0 Å². The molecule has 19 heavy (non-hydrogen) atoms. The Bertz CT molecular complexity index is 250. The smallest absolute Gasteiger partial charge is 0.0269 e. The first-order valence-corrected chi connectivity index (χ1v) is 9.25. The van der Waals surface area contributed by atoms with Gasteiger partial charge >= 0.3 is 0 Å². The topological polar surface area (TPSA) is 15.3 Å². The molecule has 0 amide bonds. The normalized spacial score (nSPS) is 27.5. The van der Waals surface area contributed by atoms with Crippen molar-refractivity contribution in [2.24, 2.45) is 11.3 Å². The Morgan fingerprint density at radius 2 is 2.05 bits per heavy atom. The molecule has 3 unspecified atom stereocenters. The van der Waals surface area contributed by atoms with Crippen LogP contribution in [0.1, 0.15) is 47.5 Å². The van der Waals surface area contributed by atoms with Crippen LogP contribution in [0.25, 0.3) is 0 Å². The average Bonchev–Trinajstić information content (AvgIpc) is 2.36. The van der Waals surface area contributed by atoms with Crippen LogP contribution < -0.4 is 5.32 Å². The maximum atomic E-state index is 3.80. The van der Waals surface area contributed by atoms with Gasteiger partial charge in [0.25, 0.3) is 0 Å². The van der Waals surface area contributed by atoms with Crippen molar-refractivity contribution in [1.29, 1.82) is 0 Å². The molecule has 1 heterocycles. The van der Waals surface area contributed by atoms with Gasteiger partial charge in [-0.25, -0.2) is 0 Å². The number of hydrogen-bond donors (Lipinski definition) is 1. The molecule has 1 saturated heterocycles. The lowest BCUT2D eigenvalue weighted by Crippen LogP contribution is -2.62. The molecule has 1 aliphatic rings. The van der Waals surface area contributed by atoms with Crippen molar-refractivity contribution >= 4 is 11.8 Å². The lowest BCUT2D eigenvalue weighted by Gasteiger charge is -2.47. The first-order chi connectivity index (χ1) is 8.90. The number of rotatable bonds is 6. The summed E-state index contributed by atoms with van der Waals surface area (Å²) in [6.45, 7) is 15.5. The maximum absolute atomic E-state index is 3.80. The molecule has 0 bridgehead atoms. The highest BCUT2D eigenvalue weighted by Gasteiger charge is 2.36. The Morgan fingerprint density at radius 3 is 2.58 bits per heavy atom. The van der Waals surface area contributed by atoms with Crippen LogP contribution in [0.4, 0.5) is 0 Å². The molecular formula is C16H34N2S. The molecule has 2 nitrogen and oxygen atoms in total. The molecule has 0 radical (unpaired) electrons. The molecule has 0 aromatic heterocycles. The summed E-state index contributed by atoms with van der Waals surface area (Å²) in [4.78, 5) is 2.75. The second-order valence-electron chi connectivity index (χ2n) is 7.12. The summed E-state index contributed by atoms with van der Waals surface area (Å²) >= 11 is 1.97. The second kappa shape index (κ2) is 7.90. The van der Waals surface area contributed by atoms with Gasteiger partial charge in [0, 0.05) is 25.2 Å². The minimum absolute atomic E-state index is 0.368. The lowest BCUT2D eigenvalue weighted by atomic mass is 9.82. The van der Waals surface area contributed by atoms with Gasteiger partial charge in [-0.1, -0.05) is 41.0 Å². The highest BCUT2D eigenvalue weighted by atomic mass is 32.2. The zero-order valence-corrected chi connectivity index (χ0v) is 14.6. The molecule has 0 aliphatic carbocycles. The number of hydrogen-bond acceptors (Lipinski definition) is 3. The highest BCUT2D eigenvalue weighted by Crippen LogP contribution is 2.28. The summed E-state index contributed by atoms with van der Waals surface area (Å²) in [5, 5.41) is 3.80. The first-order valence-electron chi connectivity index (χ1n) is 7.86. The highest BCUT2D eigenvalue weighted by molar-refractivity contribution is 7.98. The van der Waals surface area contributed by atoms with Crippen molar-refractivity contribution in [2.75, 3.05) is 31.6 Å². The van der Waals surface area contributed by atoms with E-state index in [0.29, 0.717) is 17.5 Å². The van der Waals surface area contributed by atoms with Crippen LogP contribution in [-0.2, 0) is 0 Å². The fourth-order valence-corrected chi connectivity index (χ4v) is 3.43. The Morgan fingerprint density at radius 1 is 1.37 bits per heavy atom. The fourth-order valence-electron chi connectivity index (χ4n) is 3.02. The molecule has 114 valence electrons. The van der Waals surface area contributed by atoms with Crippen molar-refractivity contribution in [3.63, 3.8) is 0 Å². The van der Waals surface area contributed by atoms with E-state index in [1.165, 1.54) is 31.7 Å². The minimum Gasteiger partial charge on any atom is -0.311 e. The third-order valence-electron chi connectivity index (χ3n) is 4.57. The van der Waals surface area contributed by atoms with E-state index in [9.17, 15) is 0 Å². The Kier molecular flexibility index (Phi) is 7.20. The fraction of sp³-hybridized carbons (Fsp3) is 1.00. The summed E-state index contributed by atoms with van der Waals surface area (Å²) in [7, 11) is 0. The maximum Gasteiger partial charge on any atom is 0.0269 e. The molecule has 0 saturated carbocycles. The van der Waals surface area contributed by atoms with Gasteiger partial charge in [-0.15, -0.1) is 0 Å². The van der Waals surface area contributed by atoms with E-state index in [4.69, 9.17) is 0 Å². The molecule has 3 heteroatoms. The van der Waals surface area contributed by atoms with Crippen LogP contribution in [0.5, 0.6) is 0 Å². The number of thioether (sulfide) groups is 1. The van der Waals surface area contributed by atoms with Gasteiger partial charge < -0.3 is 5.32 Å². The van der Waals surface area contributed by atoms with Gasteiger partial charge in [0.2, 0.25) is 0 Å². The summed E-state index contributed by atoms with van der Waals surface area (Å²) in [6, 6.07) is 1.35. The van der Waals surface area contributed by atoms with Crippen molar-refractivity contribution in [3.05, 3.63) is 0 Å². The number of nitrogens with one attached hydrogen (secondary N) is 1. The third kappa shape index (κ3) is 5.28. The first kappa shape index (κ1) is 17.3. The molecule has 1 fully saturated rings. The zero-order valence-electron chi connectivity index (χ0n) is 13.8. The van der Waals surface area contributed by atoms with E-state index >= 15 is 0 Å².